The molecule has 0 radical (unpaired) electrons. The maximum Gasteiger partial charge on any atom is 0.140 e. The normalized spacial score (nSPS) is 11.3. The highest BCUT2D eigenvalue weighted by Crippen LogP contribution is 1.98. The van der Waals surface area contributed by atoms with Crippen LogP contribution in [0.25, 0.3) is 0 Å². The van der Waals surface area contributed by atoms with Gasteiger partial charge in [-0.1, -0.05) is 19.8 Å². The van der Waals surface area contributed by atoms with Crippen LogP contribution in [0.2, 0.25) is 0 Å². The minimum absolute atomic E-state index is 0.917. The molecule has 0 aromatic heterocycles. The summed E-state index contributed by atoms with van der Waals surface area (Å²) in [5, 5.41) is 0. The Kier molecular flexibility index (Phi) is 7.46. The van der Waals surface area contributed by atoms with Crippen LogP contribution in [-0.4, -0.2) is 55.7 Å². The van der Waals surface area contributed by atoms with Crippen LogP contribution in [0.15, 0.2) is 0 Å². The van der Waals surface area contributed by atoms with Crippen molar-refractivity contribution in [2.24, 2.45) is 0 Å². The molecule has 0 spiro atoms. The molecule has 0 fully saturated rings. The van der Waals surface area contributed by atoms with Crippen molar-refractivity contribution < 1.29 is 4.48 Å². The average molecular weight is 211 g/mol. The molecule has 0 atom stereocenters. The summed E-state index contributed by atoms with van der Waals surface area (Å²) < 4.78 is 1.06. The Morgan fingerprint density at radius 1 is 0.933 bits per heavy atom. The molecule has 0 bridgehead atoms. The Labute approximate surface area is 95.8 Å². The van der Waals surface area contributed by atoms with Gasteiger partial charge in [0.1, 0.15) is 6.54 Å². The van der Waals surface area contributed by atoms with E-state index in [1.54, 1.807) is 0 Å². The van der Waals surface area contributed by atoms with Crippen molar-refractivity contribution in [1.29, 1.82) is 0 Å². The summed E-state index contributed by atoms with van der Waals surface area (Å²) >= 11 is 0. The van der Waals surface area contributed by atoms with Crippen molar-refractivity contribution in [3.8, 4) is 11.8 Å². The van der Waals surface area contributed by atoms with Crippen LogP contribution in [0, 0.1) is 11.8 Å². The Bertz CT molecular complexity index is 204. The second kappa shape index (κ2) is 7.73. The SMILES string of the molecule is CCN(CC)CC#CC[N+](C)(CC)CC. The average Bonchev–Trinajstić information content (AvgIpc) is 2.29. The molecule has 0 aromatic rings. The fraction of sp³-hybridized carbons (Fsp3) is 0.846. The zero-order valence-corrected chi connectivity index (χ0v) is 11.1. The summed E-state index contributed by atoms with van der Waals surface area (Å²) in [5.41, 5.74) is 0. The third-order valence-corrected chi connectivity index (χ3v) is 3.31. The monoisotopic (exact) mass is 211 g/mol. The zero-order valence-electron chi connectivity index (χ0n) is 11.1. The van der Waals surface area contributed by atoms with Crippen molar-refractivity contribution in [3.63, 3.8) is 0 Å². The fourth-order valence-electron chi connectivity index (χ4n) is 1.31. The molecular formula is C13H27N2+. The summed E-state index contributed by atoms with van der Waals surface area (Å²) in [5.74, 6) is 6.58. The van der Waals surface area contributed by atoms with Gasteiger partial charge in [-0.05, 0) is 32.9 Å². The van der Waals surface area contributed by atoms with Crippen LogP contribution in [0.5, 0.6) is 0 Å². The molecule has 0 unspecified atom stereocenters. The maximum absolute atomic E-state index is 3.31. The standard InChI is InChI=1S/C13H27N2/c1-6-14(7-2)12-10-11-13-15(5,8-3)9-4/h6-9,12-13H2,1-5H3/q+1. The largest absolute Gasteiger partial charge is 0.316 e. The Morgan fingerprint density at radius 3 is 1.87 bits per heavy atom. The van der Waals surface area contributed by atoms with Gasteiger partial charge in [0.15, 0.2) is 0 Å². The topological polar surface area (TPSA) is 3.24 Å². The van der Waals surface area contributed by atoms with Gasteiger partial charge in [-0.25, -0.2) is 0 Å². The van der Waals surface area contributed by atoms with Crippen LogP contribution < -0.4 is 0 Å². The second-order valence-electron chi connectivity index (χ2n) is 4.23. The lowest BCUT2D eigenvalue weighted by Gasteiger charge is -2.29. The molecule has 2 nitrogen and oxygen atoms in total. The molecule has 0 aliphatic heterocycles. The van der Waals surface area contributed by atoms with Gasteiger partial charge < -0.3 is 4.48 Å². The van der Waals surface area contributed by atoms with E-state index in [4.69, 9.17) is 0 Å². The van der Waals surface area contributed by atoms with E-state index in [0.29, 0.717) is 0 Å². The van der Waals surface area contributed by atoms with E-state index in [-0.39, 0.29) is 0 Å². The summed E-state index contributed by atoms with van der Waals surface area (Å²) in [4.78, 5) is 2.34. The van der Waals surface area contributed by atoms with Gasteiger partial charge in [-0.3, -0.25) is 4.90 Å². The lowest BCUT2D eigenvalue weighted by atomic mass is 10.3. The summed E-state index contributed by atoms with van der Waals surface area (Å²) in [7, 11) is 2.27. The maximum atomic E-state index is 3.31. The van der Waals surface area contributed by atoms with E-state index in [1.807, 2.05) is 0 Å². The molecule has 0 aliphatic carbocycles. The first kappa shape index (κ1) is 14.5. The van der Waals surface area contributed by atoms with E-state index >= 15 is 0 Å². The minimum atomic E-state index is 0.917. The lowest BCUT2D eigenvalue weighted by molar-refractivity contribution is -0.899. The van der Waals surface area contributed by atoms with Crippen molar-refractivity contribution in [1.82, 2.24) is 4.90 Å². The quantitative estimate of drug-likeness (QED) is 0.478. The van der Waals surface area contributed by atoms with Crippen LogP contribution >= 0.6 is 0 Å². The van der Waals surface area contributed by atoms with E-state index < -0.39 is 0 Å². The zero-order chi connectivity index (χ0) is 11.7. The van der Waals surface area contributed by atoms with Crippen LogP contribution in [0.4, 0.5) is 0 Å². The van der Waals surface area contributed by atoms with E-state index in [0.717, 1.165) is 43.8 Å². The number of nitrogens with zero attached hydrogens (tertiary/aromatic N) is 2. The lowest BCUT2D eigenvalue weighted by Crippen LogP contribution is -2.43. The minimum Gasteiger partial charge on any atom is -0.316 e. The molecule has 15 heavy (non-hydrogen) atoms. The highest BCUT2D eigenvalue weighted by molar-refractivity contribution is 5.01. The summed E-state index contributed by atoms with van der Waals surface area (Å²) in [6.07, 6.45) is 0. The Balaban J connectivity index is 3.98. The second-order valence-corrected chi connectivity index (χ2v) is 4.23. The van der Waals surface area contributed by atoms with Crippen molar-refractivity contribution in [2.75, 3.05) is 46.3 Å². The molecule has 0 N–H and O–H groups in total. The molecule has 0 aliphatic rings. The molecule has 88 valence electrons. The predicted molar refractivity (Wildman–Crippen MR) is 67.7 cm³/mol. The number of quaternary nitrogens is 1. The van der Waals surface area contributed by atoms with Crippen LogP contribution in [0.3, 0.4) is 0 Å². The third-order valence-electron chi connectivity index (χ3n) is 3.31. The van der Waals surface area contributed by atoms with Gasteiger partial charge in [-0.15, -0.1) is 0 Å². The Morgan fingerprint density at radius 2 is 1.47 bits per heavy atom. The van der Waals surface area contributed by atoms with Crippen molar-refractivity contribution in [2.45, 2.75) is 27.7 Å². The van der Waals surface area contributed by atoms with Crippen LogP contribution in [-0.2, 0) is 0 Å². The predicted octanol–water partition coefficient (Wildman–Crippen LogP) is 1.82. The third kappa shape index (κ3) is 5.81. The van der Waals surface area contributed by atoms with E-state index in [1.165, 1.54) is 0 Å². The van der Waals surface area contributed by atoms with Gasteiger partial charge in [0.05, 0.1) is 26.7 Å². The van der Waals surface area contributed by atoms with Gasteiger partial charge >= 0.3 is 0 Å². The molecular weight excluding hydrogens is 184 g/mol. The molecule has 0 heterocycles. The van der Waals surface area contributed by atoms with Gasteiger partial charge in [0, 0.05) is 0 Å². The fourth-order valence-corrected chi connectivity index (χ4v) is 1.31. The van der Waals surface area contributed by atoms with Crippen molar-refractivity contribution >= 4 is 0 Å². The first-order valence-corrected chi connectivity index (χ1v) is 6.13. The first-order valence-electron chi connectivity index (χ1n) is 6.13. The number of rotatable bonds is 6. The summed E-state index contributed by atoms with van der Waals surface area (Å²) in [6, 6.07) is 0. The highest BCUT2D eigenvalue weighted by Gasteiger charge is 2.13. The van der Waals surface area contributed by atoms with Crippen molar-refractivity contribution in [3.05, 3.63) is 0 Å². The summed E-state index contributed by atoms with van der Waals surface area (Å²) in [6.45, 7) is 15.2. The number of hydrogen-bond donors (Lipinski definition) is 0. The van der Waals surface area contributed by atoms with E-state index in [2.05, 4.69) is 51.5 Å². The van der Waals surface area contributed by atoms with Gasteiger partial charge in [0.25, 0.3) is 0 Å². The number of hydrogen-bond acceptors (Lipinski definition) is 1. The van der Waals surface area contributed by atoms with Crippen LogP contribution in [0.1, 0.15) is 27.7 Å². The molecule has 0 rings (SSSR count). The van der Waals surface area contributed by atoms with Gasteiger partial charge in [0.2, 0.25) is 0 Å². The molecule has 2 heteroatoms. The molecule has 0 aromatic carbocycles. The highest BCUT2D eigenvalue weighted by atomic mass is 15.3. The molecule has 0 saturated carbocycles. The molecule has 0 amide bonds. The van der Waals surface area contributed by atoms with E-state index in [9.17, 15) is 0 Å². The smallest absolute Gasteiger partial charge is 0.140 e. The molecule has 0 saturated heterocycles. The first-order chi connectivity index (χ1) is 7.11. The van der Waals surface area contributed by atoms with Gasteiger partial charge in [-0.2, -0.15) is 0 Å². The Hall–Kier alpha value is -0.520.